The number of rotatable bonds is 6. The molecule has 0 unspecified atom stereocenters. The summed E-state index contributed by atoms with van der Waals surface area (Å²) >= 11 is 0. The van der Waals surface area contributed by atoms with Crippen LogP contribution in [0.15, 0.2) is 18.2 Å². The minimum atomic E-state index is -1.60. The highest BCUT2D eigenvalue weighted by Crippen LogP contribution is 2.36. The number of aliphatic hydroxyl groups excluding tert-OH is 4. The van der Waals surface area contributed by atoms with Crippen molar-refractivity contribution in [2.45, 2.75) is 50.0 Å². The number of aliphatic hydroxyl groups is 4. The van der Waals surface area contributed by atoms with E-state index in [1.54, 1.807) is 26.0 Å². The fourth-order valence-electron chi connectivity index (χ4n) is 3.90. The van der Waals surface area contributed by atoms with Crippen LogP contribution in [0.1, 0.15) is 29.8 Å². The molecule has 0 saturated carbocycles. The van der Waals surface area contributed by atoms with Crippen molar-refractivity contribution in [3.8, 4) is 0 Å². The molecule has 4 amide bonds. The van der Waals surface area contributed by atoms with E-state index in [9.17, 15) is 34.8 Å². The lowest BCUT2D eigenvalue weighted by Gasteiger charge is -2.40. The van der Waals surface area contributed by atoms with Crippen molar-refractivity contribution in [2.24, 2.45) is 0 Å². The van der Waals surface area contributed by atoms with Gasteiger partial charge in [0.15, 0.2) is 6.29 Å². The number of imide groups is 1. The number of ether oxygens (including phenoxy) is 2. The second-order valence-electron chi connectivity index (χ2n) is 8.42. The van der Waals surface area contributed by atoms with Crippen molar-refractivity contribution in [1.82, 2.24) is 10.2 Å². The molecule has 5 atom stereocenters. The van der Waals surface area contributed by atoms with Crippen LogP contribution in [0.4, 0.5) is 10.5 Å². The number of urea groups is 1. The Bertz CT molecular complexity index is 920. The zero-order valence-electron chi connectivity index (χ0n) is 18.5. The highest BCUT2D eigenvalue weighted by atomic mass is 16.7. The van der Waals surface area contributed by atoms with Gasteiger partial charge < -0.3 is 40.5 Å². The van der Waals surface area contributed by atoms with E-state index in [1.165, 1.54) is 13.1 Å². The maximum Gasteiger partial charge on any atom is 0.318 e. The Morgan fingerprint density at radius 3 is 2.52 bits per heavy atom. The number of hydrogen-bond acceptors (Lipinski definition) is 9. The molecule has 0 spiro atoms. The summed E-state index contributed by atoms with van der Waals surface area (Å²) in [7, 11) is 1.46. The van der Waals surface area contributed by atoms with Gasteiger partial charge in [0.2, 0.25) is 5.91 Å². The van der Waals surface area contributed by atoms with Crippen molar-refractivity contribution < 1.29 is 44.3 Å². The van der Waals surface area contributed by atoms with Crippen LogP contribution in [0.25, 0.3) is 0 Å². The van der Waals surface area contributed by atoms with Crippen LogP contribution in [0, 0.1) is 0 Å². The van der Waals surface area contributed by atoms with Gasteiger partial charge in [0.1, 0.15) is 24.4 Å². The molecule has 182 valence electrons. The van der Waals surface area contributed by atoms with Crippen molar-refractivity contribution in [1.29, 1.82) is 0 Å². The van der Waals surface area contributed by atoms with Crippen molar-refractivity contribution >= 4 is 23.5 Å². The van der Waals surface area contributed by atoms with Crippen LogP contribution in [-0.2, 0) is 19.7 Å². The second kappa shape index (κ2) is 9.71. The Morgan fingerprint density at radius 2 is 1.88 bits per heavy atom. The highest BCUT2D eigenvalue weighted by Gasteiger charge is 2.46. The first-order chi connectivity index (χ1) is 15.5. The van der Waals surface area contributed by atoms with E-state index < -0.39 is 60.6 Å². The van der Waals surface area contributed by atoms with E-state index in [4.69, 9.17) is 9.47 Å². The van der Waals surface area contributed by atoms with Gasteiger partial charge in [-0.3, -0.25) is 14.5 Å². The van der Waals surface area contributed by atoms with Gasteiger partial charge in [-0.1, -0.05) is 6.07 Å². The number of anilines is 1. The molecule has 0 bridgehead atoms. The average molecular weight is 467 g/mol. The van der Waals surface area contributed by atoms with Gasteiger partial charge in [-0.15, -0.1) is 0 Å². The molecular formula is C21H29N3O9. The lowest BCUT2D eigenvalue weighted by atomic mass is 9.77. The third-order valence-corrected chi connectivity index (χ3v) is 5.88. The largest absolute Gasteiger partial charge is 0.394 e. The third-order valence-electron chi connectivity index (χ3n) is 5.88. The summed E-state index contributed by atoms with van der Waals surface area (Å²) in [6.45, 7) is 2.34. The molecule has 1 saturated heterocycles. The molecule has 3 rings (SSSR count). The number of nitrogens with one attached hydrogen (secondary N) is 2. The maximum absolute atomic E-state index is 13.1. The molecule has 2 heterocycles. The van der Waals surface area contributed by atoms with Crippen LogP contribution in [0.5, 0.6) is 0 Å². The SMILES string of the molecule is CNC(=O)Nc1ccc2c(c1)C(=O)N(CCO[C@@H]1O[C@H](CO)[C@@H](O)[C@H](O)[C@H]1O)C(=O)C2(C)C. The lowest BCUT2D eigenvalue weighted by Crippen LogP contribution is -2.59. The van der Waals surface area contributed by atoms with E-state index in [0.29, 0.717) is 11.3 Å². The summed E-state index contributed by atoms with van der Waals surface area (Å²) in [5.41, 5.74) is 0.120. The molecule has 2 aliphatic heterocycles. The molecule has 0 aromatic heterocycles. The summed E-state index contributed by atoms with van der Waals surface area (Å²) in [4.78, 5) is 38.8. The zero-order valence-corrected chi connectivity index (χ0v) is 18.5. The van der Waals surface area contributed by atoms with Gasteiger partial charge in [0, 0.05) is 18.3 Å². The van der Waals surface area contributed by atoms with Gasteiger partial charge in [0.05, 0.1) is 25.2 Å². The van der Waals surface area contributed by atoms with Crippen LogP contribution in [-0.4, -0.2) is 101 Å². The van der Waals surface area contributed by atoms with E-state index >= 15 is 0 Å². The molecule has 12 nitrogen and oxygen atoms in total. The Kier molecular flexibility index (Phi) is 7.36. The first-order valence-electron chi connectivity index (χ1n) is 10.4. The van der Waals surface area contributed by atoms with Crippen LogP contribution >= 0.6 is 0 Å². The molecule has 6 N–H and O–H groups in total. The topological polar surface area (TPSA) is 178 Å². The molecule has 2 aliphatic rings. The van der Waals surface area contributed by atoms with Crippen LogP contribution in [0.3, 0.4) is 0 Å². The zero-order chi connectivity index (χ0) is 24.5. The molecular weight excluding hydrogens is 438 g/mol. The second-order valence-corrected chi connectivity index (χ2v) is 8.42. The summed E-state index contributed by atoms with van der Waals surface area (Å²) in [5, 5.41) is 44.0. The van der Waals surface area contributed by atoms with E-state index in [1.807, 2.05) is 0 Å². The van der Waals surface area contributed by atoms with E-state index in [2.05, 4.69) is 10.6 Å². The Hall–Kier alpha value is -2.61. The van der Waals surface area contributed by atoms with Crippen LogP contribution in [0.2, 0.25) is 0 Å². The van der Waals surface area contributed by atoms with Gasteiger partial charge >= 0.3 is 6.03 Å². The first-order valence-corrected chi connectivity index (χ1v) is 10.4. The number of carbonyl (C=O) groups is 3. The fraction of sp³-hybridized carbons (Fsp3) is 0.571. The van der Waals surface area contributed by atoms with E-state index in [0.717, 1.165) is 4.90 Å². The number of amides is 4. The Labute approximate surface area is 190 Å². The predicted octanol–water partition coefficient (Wildman–Crippen LogP) is -1.49. The summed E-state index contributed by atoms with van der Waals surface area (Å²) in [6.07, 6.45) is -7.23. The monoisotopic (exact) mass is 467 g/mol. The van der Waals surface area contributed by atoms with Crippen molar-refractivity contribution in [3.63, 3.8) is 0 Å². The number of fused-ring (bicyclic) bond motifs is 1. The van der Waals surface area contributed by atoms with Gasteiger partial charge in [-0.05, 0) is 31.5 Å². The standard InChI is InChI=1S/C21H29N3O9/c1-21(2)12-5-4-10(23-20(31)22-3)8-11(12)17(29)24(19(21)30)6-7-32-18-16(28)15(27)14(26)13(9-25)33-18/h4-5,8,13-16,18,25-28H,6-7,9H2,1-3H3,(H2,22,23,31)/t13-,14-,15+,16-,18-/m1/s1. The molecule has 0 aliphatic carbocycles. The summed E-state index contributed by atoms with van der Waals surface area (Å²) < 4.78 is 10.7. The van der Waals surface area contributed by atoms with Gasteiger partial charge in [-0.25, -0.2) is 4.79 Å². The molecule has 0 radical (unpaired) electrons. The maximum atomic E-state index is 13.1. The number of hydrogen-bond donors (Lipinski definition) is 6. The predicted molar refractivity (Wildman–Crippen MR) is 113 cm³/mol. The number of nitrogens with zero attached hydrogens (tertiary/aromatic N) is 1. The molecule has 1 aromatic rings. The number of benzene rings is 1. The quantitative estimate of drug-likeness (QED) is 0.272. The minimum Gasteiger partial charge on any atom is -0.394 e. The molecule has 1 fully saturated rings. The van der Waals surface area contributed by atoms with Gasteiger partial charge in [-0.2, -0.15) is 0 Å². The molecule has 1 aromatic carbocycles. The highest BCUT2D eigenvalue weighted by molar-refractivity contribution is 6.13. The first kappa shape index (κ1) is 25.0. The van der Waals surface area contributed by atoms with Crippen molar-refractivity contribution in [3.05, 3.63) is 29.3 Å². The van der Waals surface area contributed by atoms with Crippen molar-refractivity contribution in [2.75, 3.05) is 32.1 Å². The fourth-order valence-corrected chi connectivity index (χ4v) is 3.90. The molecule has 12 heteroatoms. The smallest absolute Gasteiger partial charge is 0.318 e. The van der Waals surface area contributed by atoms with E-state index in [-0.39, 0.29) is 18.7 Å². The number of carbonyl (C=O) groups excluding carboxylic acids is 3. The minimum absolute atomic E-state index is 0.178. The Morgan fingerprint density at radius 1 is 1.18 bits per heavy atom. The van der Waals surface area contributed by atoms with Crippen LogP contribution < -0.4 is 10.6 Å². The summed E-state index contributed by atoms with van der Waals surface area (Å²) in [6, 6.07) is 4.26. The lowest BCUT2D eigenvalue weighted by molar-refractivity contribution is -0.301. The third kappa shape index (κ3) is 4.71. The normalized spacial score (nSPS) is 28.9. The average Bonchev–Trinajstić information content (AvgIpc) is 2.79. The van der Waals surface area contributed by atoms with Gasteiger partial charge in [0.25, 0.3) is 5.91 Å². The Balaban J connectivity index is 1.74. The summed E-state index contributed by atoms with van der Waals surface area (Å²) in [5.74, 6) is -1.03. The molecule has 33 heavy (non-hydrogen) atoms.